The van der Waals surface area contributed by atoms with E-state index in [4.69, 9.17) is 28.9 Å². The van der Waals surface area contributed by atoms with Gasteiger partial charge >= 0.3 is 0 Å². The number of nitrogens with zero attached hydrogens (tertiary/aromatic N) is 3. The number of pyridine rings is 1. The van der Waals surface area contributed by atoms with E-state index in [0.29, 0.717) is 15.7 Å². The molecule has 0 saturated heterocycles. The largest absolute Gasteiger partial charge is 0.368 e. The molecule has 0 amide bonds. The summed E-state index contributed by atoms with van der Waals surface area (Å²) >= 11 is 12.2. The van der Waals surface area contributed by atoms with Crippen molar-refractivity contribution in [3.05, 3.63) is 46.7 Å². The predicted octanol–water partition coefficient (Wildman–Crippen LogP) is 3.58. The number of anilines is 1. The Morgan fingerprint density at radius 1 is 1.00 bits per heavy atom. The number of fused-ring (bicyclic) bond motifs is 1. The number of nitrogen functional groups attached to an aromatic ring is 1. The Kier molecular flexibility index (Phi) is 2.97. The van der Waals surface area contributed by atoms with Gasteiger partial charge in [-0.2, -0.15) is 0 Å². The summed E-state index contributed by atoms with van der Waals surface area (Å²) in [6.07, 6.45) is 3.22. The molecular weight excluding hydrogens is 283 g/mol. The van der Waals surface area contributed by atoms with Crippen LogP contribution in [-0.2, 0) is 0 Å². The predicted molar refractivity (Wildman–Crippen MR) is 77.2 cm³/mol. The first-order valence-corrected chi connectivity index (χ1v) is 6.23. The quantitative estimate of drug-likeness (QED) is 0.744. The fraction of sp³-hybridized carbons (Fsp3) is 0. The Bertz CT molecular complexity index is 756. The van der Waals surface area contributed by atoms with Crippen molar-refractivity contribution in [2.75, 3.05) is 5.73 Å². The minimum atomic E-state index is 0.221. The molecule has 3 rings (SSSR count). The SMILES string of the molecule is Nc1ncc(-c2cc(Cl)c3ccc(Cl)cc3n2)cn1. The molecule has 0 bridgehead atoms. The fourth-order valence-corrected chi connectivity index (χ4v) is 2.21. The number of aromatic nitrogens is 3. The molecule has 0 aliphatic carbocycles. The highest BCUT2D eigenvalue weighted by Gasteiger charge is 2.07. The van der Waals surface area contributed by atoms with Gasteiger partial charge < -0.3 is 5.73 Å². The standard InChI is InChI=1S/C13H8Cl2N4/c14-8-1-2-9-10(15)4-11(19-12(9)3-8)7-5-17-13(16)18-6-7/h1-6H,(H2,16,17,18). The second-order valence-electron chi connectivity index (χ2n) is 3.98. The molecule has 3 aromatic rings. The zero-order valence-corrected chi connectivity index (χ0v) is 11.2. The van der Waals surface area contributed by atoms with Crippen molar-refractivity contribution >= 4 is 40.1 Å². The number of rotatable bonds is 1. The van der Waals surface area contributed by atoms with Crippen LogP contribution in [0, 0.1) is 0 Å². The van der Waals surface area contributed by atoms with E-state index in [1.54, 1.807) is 30.6 Å². The summed E-state index contributed by atoms with van der Waals surface area (Å²) in [6.45, 7) is 0. The van der Waals surface area contributed by atoms with E-state index < -0.39 is 0 Å². The van der Waals surface area contributed by atoms with Crippen LogP contribution in [0.15, 0.2) is 36.7 Å². The molecule has 0 unspecified atom stereocenters. The van der Waals surface area contributed by atoms with Crippen molar-refractivity contribution < 1.29 is 0 Å². The molecule has 0 aliphatic heterocycles. The van der Waals surface area contributed by atoms with Gasteiger partial charge in [-0.1, -0.05) is 23.2 Å². The van der Waals surface area contributed by atoms with Crippen LogP contribution in [0.25, 0.3) is 22.2 Å². The Morgan fingerprint density at radius 3 is 2.47 bits per heavy atom. The first kappa shape index (κ1) is 12.1. The smallest absolute Gasteiger partial charge is 0.219 e. The normalized spacial score (nSPS) is 10.8. The average Bonchev–Trinajstić information content (AvgIpc) is 2.38. The van der Waals surface area contributed by atoms with Crippen LogP contribution in [0.5, 0.6) is 0 Å². The van der Waals surface area contributed by atoms with Gasteiger partial charge in [0.05, 0.1) is 16.2 Å². The molecule has 2 aromatic heterocycles. The van der Waals surface area contributed by atoms with Crippen LogP contribution < -0.4 is 5.73 Å². The van der Waals surface area contributed by atoms with Crippen LogP contribution in [0.3, 0.4) is 0 Å². The fourth-order valence-electron chi connectivity index (χ4n) is 1.78. The van der Waals surface area contributed by atoms with E-state index in [2.05, 4.69) is 15.0 Å². The molecule has 1 aromatic carbocycles. The molecule has 4 nitrogen and oxygen atoms in total. The minimum absolute atomic E-state index is 0.221. The van der Waals surface area contributed by atoms with E-state index in [1.165, 1.54) is 0 Å². The summed E-state index contributed by atoms with van der Waals surface area (Å²) in [6, 6.07) is 7.16. The first-order valence-electron chi connectivity index (χ1n) is 5.47. The molecule has 2 N–H and O–H groups in total. The highest BCUT2D eigenvalue weighted by atomic mass is 35.5. The molecule has 0 aliphatic rings. The van der Waals surface area contributed by atoms with Gasteiger partial charge in [0.15, 0.2) is 0 Å². The lowest BCUT2D eigenvalue weighted by Gasteiger charge is -2.05. The molecule has 0 saturated carbocycles. The monoisotopic (exact) mass is 290 g/mol. The minimum Gasteiger partial charge on any atom is -0.368 e. The first-order chi connectivity index (χ1) is 9.13. The van der Waals surface area contributed by atoms with Crippen molar-refractivity contribution in [2.45, 2.75) is 0 Å². The number of halogens is 2. The van der Waals surface area contributed by atoms with Gasteiger partial charge in [0.1, 0.15) is 0 Å². The molecule has 0 spiro atoms. The molecule has 0 radical (unpaired) electrons. The topological polar surface area (TPSA) is 64.7 Å². The van der Waals surface area contributed by atoms with Crippen LogP contribution in [0.2, 0.25) is 10.0 Å². The highest BCUT2D eigenvalue weighted by Crippen LogP contribution is 2.29. The average molecular weight is 291 g/mol. The number of benzene rings is 1. The summed E-state index contributed by atoms with van der Waals surface area (Å²) in [5.41, 5.74) is 7.62. The second-order valence-corrected chi connectivity index (χ2v) is 4.82. The third kappa shape index (κ3) is 2.32. The summed E-state index contributed by atoms with van der Waals surface area (Å²) in [5.74, 6) is 0.221. The maximum atomic E-state index is 6.25. The summed E-state index contributed by atoms with van der Waals surface area (Å²) < 4.78 is 0. The van der Waals surface area contributed by atoms with E-state index in [0.717, 1.165) is 16.5 Å². The van der Waals surface area contributed by atoms with E-state index in [1.807, 2.05) is 6.07 Å². The van der Waals surface area contributed by atoms with Crippen LogP contribution in [0.1, 0.15) is 0 Å². The van der Waals surface area contributed by atoms with Gasteiger partial charge in [0.25, 0.3) is 0 Å². The third-order valence-corrected chi connectivity index (χ3v) is 3.24. The van der Waals surface area contributed by atoms with Crippen molar-refractivity contribution in [1.29, 1.82) is 0 Å². The Labute approximate surface area is 119 Å². The number of hydrogen-bond acceptors (Lipinski definition) is 4. The zero-order valence-electron chi connectivity index (χ0n) is 9.64. The Morgan fingerprint density at radius 2 is 1.74 bits per heavy atom. The van der Waals surface area contributed by atoms with Gasteiger partial charge in [0.2, 0.25) is 5.95 Å². The molecule has 94 valence electrons. The second kappa shape index (κ2) is 4.64. The van der Waals surface area contributed by atoms with Crippen LogP contribution in [-0.4, -0.2) is 15.0 Å². The van der Waals surface area contributed by atoms with Gasteiger partial charge in [-0.05, 0) is 24.3 Å². The maximum absolute atomic E-state index is 6.25. The van der Waals surface area contributed by atoms with Crippen molar-refractivity contribution in [1.82, 2.24) is 15.0 Å². The van der Waals surface area contributed by atoms with Crippen LogP contribution >= 0.6 is 23.2 Å². The van der Waals surface area contributed by atoms with Gasteiger partial charge in [0, 0.05) is 28.4 Å². The maximum Gasteiger partial charge on any atom is 0.219 e. The summed E-state index contributed by atoms with van der Waals surface area (Å²) in [4.78, 5) is 12.4. The Balaban J connectivity index is 2.22. The Hall–Kier alpha value is -1.91. The molecular formula is C13H8Cl2N4. The lowest BCUT2D eigenvalue weighted by Crippen LogP contribution is -1.94. The van der Waals surface area contributed by atoms with Gasteiger partial charge in [-0.25, -0.2) is 15.0 Å². The lowest BCUT2D eigenvalue weighted by atomic mass is 10.1. The van der Waals surface area contributed by atoms with Crippen molar-refractivity contribution in [3.8, 4) is 11.3 Å². The van der Waals surface area contributed by atoms with E-state index in [9.17, 15) is 0 Å². The van der Waals surface area contributed by atoms with E-state index in [-0.39, 0.29) is 5.95 Å². The van der Waals surface area contributed by atoms with E-state index >= 15 is 0 Å². The molecule has 6 heteroatoms. The van der Waals surface area contributed by atoms with Crippen molar-refractivity contribution in [3.63, 3.8) is 0 Å². The third-order valence-electron chi connectivity index (χ3n) is 2.69. The number of hydrogen-bond donors (Lipinski definition) is 1. The molecule has 0 fully saturated rings. The number of nitrogens with two attached hydrogens (primary N) is 1. The van der Waals surface area contributed by atoms with Gasteiger partial charge in [-0.3, -0.25) is 0 Å². The summed E-state index contributed by atoms with van der Waals surface area (Å²) in [7, 11) is 0. The van der Waals surface area contributed by atoms with Crippen LogP contribution in [0.4, 0.5) is 5.95 Å². The van der Waals surface area contributed by atoms with Gasteiger partial charge in [-0.15, -0.1) is 0 Å². The molecule has 2 heterocycles. The van der Waals surface area contributed by atoms with Crippen molar-refractivity contribution in [2.24, 2.45) is 0 Å². The zero-order chi connectivity index (χ0) is 13.4. The highest BCUT2D eigenvalue weighted by molar-refractivity contribution is 6.36. The summed E-state index contributed by atoms with van der Waals surface area (Å²) in [5, 5.41) is 2.07. The molecule has 19 heavy (non-hydrogen) atoms. The molecule has 0 atom stereocenters. The lowest BCUT2D eigenvalue weighted by molar-refractivity contribution is 1.18.